The van der Waals surface area contributed by atoms with Crippen molar-refractivity contribution in [2.45, 2.75) is 37.7 Å². The van der Waals surface area contributed by atoms with Crippen LogP contribution in [0.2, 0.25) is 5.02 Å². The van der Waals surface area contributed by atoms with Crippen molar-refractivity contribution in [1.29, 1.82) is 0 Å². The van der Waals surface area contributed by atoms with Crippen molar-refractivity contribution in [3.05, 3.63) is 59.1 Å². The number of nitrogens with zero attached hydrogens (tertiary/aromatic N) is 3. The maximum atomic E-state index is 12.5. The quantitative estimate of drug-likeness (QED) is 0.588. The summed E-state index contributed by atoms with van der Waals surface area (Å²) in [5.41, 5.74) is 2.84. The Morgan fingerprint density at radius 3 is 2.63 bits per heavy atom. The minimum Gasteiger partial charge on any atom is -0.325 e. The van der Waals surface area contributed by atoms with E-state index in [4.69, 9.17) is 11.6 Å². The van der Waals surface area contributed by atoms with Gasteiger partial charge in [-0.2, -0.15) is 0 Å². The smallest absolute Gasteiger partial charge is 0.237 e. The summed E-state index contributed by atoms with van der Waals surface area (Å²) in [6.07, 6.45) is 0. The van der Waals surface area contributed by atoms with Crippen LogP contribution in [0, 0.1) is 6.92 Å². The summed E-state index contributed by atoms with van der Waals surface area (Å²) in [4.78, 5) is 12.5. The summed E-state index contributed by atoms with van der Waals surface area (Å²) >= 11 is 7.48. The summed E-state index contributed by atoms with van der Waals surface area (Å²) in [5.74, 6) is 0.674. The average molecular weight is 401 g/mol. The van der Waals surface area contributed by atoms with Crippen LogP contribution in [-0.2, 0) is 11.3 Å². The topological polar surface area (TPSA) is 59.8 Å². The zero-order valence-corrected chi connectivity index (χ0v) is 17.0. The van der Waals surface area contributed by atoms with Gasteiger partial charge in [0.05, 0.1) is 5.25 Å². The highest BCUT2D eigenvalue weighted by molar-refractivity contribution is 8.00. The van der Waals surface area contributed by atoms with Crippen molar-refractivity contribution in [2.24, 2.45) is 0 Å². The van der Waals surface area contributed by atoms with Crippen LogP contribution in [0.15, 0.2) is 53.7 Å². The van der Waals surface area contributed by atoms with E-state index in [2.05, 4.69) is 15.5 Å². The summed E-state index contributed by atoms with van der Waals surface area (Å²) in [6.45, 7) is 6.60. The van der Waals surface area contributed by atoms with Gasteiger partial charge in [0.1, 0.15) is 0 Å². The van der Waals surface area contributed by atoms with Gasteiger partial charge in [0.2, 0.25) is 5.91 Å². The number of anilines is 1. The molecule has 7 heteroatoms. The Labute approximate surface area is 168 Å². The molecule has 1 heterocycles. The molecule has 3 rings (SSSR count). The van der Waals surface area contributed by atoms with Gasteiger partial charge < -0.3 is 9.88 Å². The highest BCUT2D eigenvalue weighted by atomic mass is 35.5. The van der Waals surface area contributed by atoms with Crippen LogP contribution in [0.1, 0.15) is 19.4 Å². The molecule has 1 amide bonds. The van der Waals surface area contributed by atoms with Gasteiger partial charge in [-0.1, -0.05) is 53.2 Å². The van der Waals surface area contributed by atoms with Crippen molar-refractivity contribution < 1.29 is 4.79 Å². The van der Waals surface area contributed by atoms with Crippen molar-refractivity contribution in [3.63, 3.8) is 0 Å². The van der Waals surface area contributed by atoms with Crippen molar-refractivity contribution in [1.82, 2.24) is 14.8 Å². The summed E-state index contributed by atoms with van der Waals surface area (Å²) in [5, 5.41) is 12.6. The van der Waals surface area contributed by atoms with Crippen LogP contribution >= 0.6 is 23.4 Å². The van der Waals surface area contributed by atoms with Gasteiger partial charge in [-0.05, 0) is 45.0 Å². The Bertz CT molecular complexity index is 939. The maximum Gasteiger partial charge on any atom is 0.237 e. The first-order chi connectivity index (χ1) is 13.0. The van der Waals surface area contributed by atoms with E-state index in [9.17, 15) is 4.79 Å². The molecule has 0 spiro atoms. The number of thioether (sulfide) groups is 1. The predicted molar refractivity (Wildman–Crippen MR) is 111 cm³/mol. The molecule has 140 valence electrons. The molecule has 1 N–H and O–H groups in total. The fourth-order valence-corrected chi connectivity index (χ4v) is 3.70. The normalized spacial score (nSPS) is 12.0. The zero-order chi connectivity index (χ0) is 19.4. The molecule has 0 fully saturated rings. The van der Waals surface area contributed by atoms with Gasteiger partial charge in [0.25, 0.3) is 0 Å². The summed E-state index contributed by atoms with van der Waals surface area (Å²) < 4.78 is 1.99. The lowest BCUT2D eigenvalue weighted by Gasteiger charge is -2.13. The fraction of sp³-hybridized carbons (Fsp3) is 0.250. The van der Waals surface area contributed by atoms with E-state index in [1.807, 2.05) is 73.9 Å². The second kappa shape index (κ2) is 8.59. The fourth-order valence-electron chi connectivity index (χ4n) is 2.59. The van der Waals surface area contributed by atoms with Gasteiger partial charge in [-0.25, -0.2) is 0 Å². The second-order valence-electron chi connectivity index (χ2n) is 6.18. The Morgan fingerprint density at radius 1 is 1.22 bits per heavy atom. The monoisotopic (exact) mass is 400 g/mol. The lowest BCUT2D eigenvalue weighted by Crippen LogP contribution is -2.22. The standard InChI is InChI=1S/C20H21ClN4OS/c1-4-25-18(15-6-5-7-16(21)12-15)23-24-20(25)27-14(3)19(26)22-17-10-8-13(2)9-11-17/h5-12,14H,4H2,1-3H3,(H,22,26)/t14-/m0/s1. The van der Waals surface area contributed by atoms with Crippen LogP contribution in [0.25, 0.3) is 11.4 Å². The predicted octanol–water partition coefficient (Wildman–Crippen LogP) is 5.05. The lowest BCUT2D eigenvalue weighted by atomic mass is 10.2. The molecule has 27 heavy (non-hydrogen) atoms. The van der Waals surface area contributed by atoms with E-state index >= 15 is 0 Å². The van der Waals surface area contributed by atoms with E-state index in [0.717, 1.165) is 22.6 Å². The van der Waals surface area contributed by atoms with E-state index in [0.29, 0.717) is 16.7 Å². The Kier molecular flexibility index (Phi) is 6.19. The van der Waals surface area contributed by atoms with Crippen LogP contribution in [-0.4, -0.2) is 25.9 Å². The first-order valence-electron chi connectivity index (χ1n) is 8.71. The van der Waals surface area contributed by atoms with Crippen molar-refractivity contribution >= 4 is 35.0 Å². The number of aromatic nitrogens is 3. The molecule has 0 aliphatic heterocycles. The van der Waals surface area contributed by atoms with Gasteiger partial charge in [-0.15, -0.1) is 10.2 Å². The lowest BCUT2D eigenvalue weighted by molar-refractivity contribution is -0.115. The van der Waals surface area contributed by atoms with Crippen LogP contribution in [0.3, 0.4) is 0 Å². The number of benzene rings is 2. The molecule has 1 atom stereocenters. The number of amides is 1. The zero-order valence-electron chi connectivity index (χ0n) is 15.4. The van der Waals surface area contributed by atoms with Crippen LogP contribution in [0.5, 0.6) is 0 Å². The highest BCUT2D eigenvalue weighted by Crippen LogP contribution is 2.28. The molecular formula is C20H21ClN4OS. The van der Waals surface area contributed by atoms with Gasteiger partial charge in [0, 0.05) is 22.8 Å². The molecule has 3 aromatic rings. The summed E-state index contributed by atoms with van der Waals surface area (Å²) in [7, 11) is 0. The number of aryl methyl sites for hydroxylation is 1. The maximum absolute atomic E-state index is 12.5. The number of carbonyl (C=O) groups is 1. The van der Waals surface area contributed by atoms with Crippen molar-refractivity contribution in [2.75, 3.05) is 5.32 Å². The Hall–Kier alpha value is -2.31. The average Bonchev–Trinajstić information content (AvgIpc) is 3.06. The minimum atomic E-state index is -0.312. The van der Waals surface area contributed by atoms with Gasteiger partial charge in [-0.3, -0.25) is 4.79 Å². The second-order valence-corrected chi connectivity index (χ2v) is 7.92. The first kappa shape index (κ1) is 19.5. The molecule has 2 aromatic carbocycles. The number of nitrogens with one attached hydrogen (secondary N) is 1. The number of hydrogen-bond acceptors (Lipinski definition) is 4. The molecule has 1 aromatic heterocycles. The third-order valence-electron chi connectivity index (χ3n) is 4.09. The molecule has 0 saturated heterocycles. The van der Waals surface area contributed by atoms with Crippen LogP contribution in [0.4, 0.5) is 5.69 Å². The van der Waals surface area contributed by atoms with Crippen LogP contribution < -0.4 is 5.32 Å². The van der Waals surface area contributed by atoms with Gasteiger partial charge in [0.15, 0.2) is 11.0 Å². The number of carbonyl (C=O) groups excluding carboxylic acids is 1. The SMILES string of the molecule is CCn1c(S[C@@H](C)C(=O)Nc2ccc(C)cc2)nnc1-c1cccc(Cl)c1. The molecule has 0 bridgehead atoms. The number of hydrogen-bond donors (Lipinski definition) is 1. The highest BCUT2D eigenvalue weighted by Gasteiger charge is 2.20. The van der Waals surface area contributed by atoms with Gasteiger partial charge >= 0.3 is 0 Å². The largest absolute Gasteiger partial charge is 0.325 e. The number of halogens is 1. The van der Waals surface area contributed by atoms with E-state index in [-0.39, 0.29) is 11.2 Å². The van der Waals surface area contributed by atoms with E-state index < -0.39 is 0 Å². The Balaban J connectivity index is 1.75. The summed E-state index contributed by atoms with van der Waals surface area (Å²) in [6, 6.07) is 15.3. The van der Waals surface area contributed by atoms with E-state index in [1.54, 1.807) is 0 Å². The molecular weight excluding hydrogens is 380 g/mol. The Morgan fingerprint density at radius 2 is 1.96 bits per heavy atom. The minimum absolute atomic E-state index is 0.0705. The first-order valence-corrected chi connectivity index (χ1v) is 9.97. The van der Waals surface area contributed by atoms with E-state index in [1.165, 1.54) is 11.8 Å². The van der Waals surface area contributed by atoms with Crippen molar-refractivity contribution in [3.8, 4) is 11.4 Å². The third-order valence-corrected chi connectivity index (χ3v) is 5.40. The molecule has 5 nitrogen and oxygen atoms in total. The molecule has 0 radical (unpaired) electrons. The molecule has 0 saturated carbocycles. The molecule has 0 unspecified atom stereocenters. The third kappa shape index (κ3) is 4.70. The molecule has 0 aliphatic carbocycles. The number of rotatable bonds is 6. The molecule has 0 aliphatic rings.